The van der Waals surface area contributed by atoms with Crippen molar-refractivity contribution in [2.75, 3.05) is 13.6 Å². The fourth-order valence-corrected chi connectivity index (χ4v) is 3.37. The van der Waals surface area contributed by atoms with E-state index < -0.39 is 0 Å². The van der Waals surface area contributed by atoms with E-state index in [0.717, 1.165) is 24.6 Å². The maximum Gasteiger partial charge on any atom is 0.191 e. The van der Waals surface area contributed by atoms with E-state index in [1.807, 2.05) is 35.3 Å². The Morgan fingerprint density at radius 2 is 1.93 bits per heavy atom. The van der Waals surface area contributed by atoms with Gasteiger partial charge in [-0.3, -0.25) is 4.99 Å². The molecule has 0 amide bonds. The molecule has 6 nitrogen and oxygen atoms in total. The SMILES string of the molecule is CN=C(NCCc1c[nH]c2ccccc12)NCc1ccccc1-n1ccnc1. The van der Waals surface area contributed by atoms with Crippen LogP contribution >= 0.6 is 0 Å². The Labute approximate surface area is 164 Å². The molecule has 0 saturated heterocycles. The third-order valence-electron chi connectivity index (χ3n) is 4.81. The smallest absolute Gasteiger partial charge is 0.191 e. The molecule has 6 heteroatoms. The molecule has 0 saturated carbocycles. The summed E-state index contributed by atoms with van der Waals surface area (Å²) in [5.74, 6) is 0.792. The number of hydrogen-bond donors (Lipinski definition) is 3. The minimum absolute atomic E-state index is 0.682. The van der Waals surface area contributed by atoms with Crippen molar-refractivity contribution in [1.29, 1.82) is 0 Å². The van der Waals surface area contributed by atoms with Crippen LogP contribution in [0.2, 0.25) is 0 Å². The summed E-state index contributed by atoms with van der Waals surface area (Å²) in [6.45, 7) is 1.49. The highest BCUT2D eigenvalue weighted by atomic mass is 15.2. The largest absolute Gasteiger partial charge is 0.361 e. The van der Waals surface area contributed by atoms with Crippen LogP contribution in [-0.2, 0) is 13.0 Å². The lowest BCUT2D eigenvalue weighted by atomic mass is 10.1. The molecule has 4 aromatic rings. The number of nitrogens with one attached hydrogen (secondary N) is 3. The molecule has 0 aliphatic carbocycles. The van der Waals surface area contributed by atoms with Crippen LogP contribution in [0.3, 0.4) is 0 Å². The van der Waals surface area contributed by atoms with E-state index in [1.165, 1.54) is 22.0 Å². The Hall–Kier alpha value is -3.54. The summed E-state index contributed by atoms with van der Waals surface area (Å²) in [4.78, 5) is 11.8. The standard InChI is InChI=1S/C22H24N6/c1-23-22(25-11-10-17-14-26-20-8-4-3-7-19(17)20)27-15-18-6-2-5-9-21(18)28-13-12-24-16-28/h2-9,12-14,16,26H,10-11,15H2,1H3,(H2,23,25,27). The number of imidazole rings is 1. The van der Waals surface area contributed by atoms with Crippen molar-refractivity contribution >= 4 is 16.9 Å². The molecule has 0 fully saturated rings. The summed E-state index contributed by atoms with van der Waals surface area (Å²) in [7, 11) is 1.79. The molecule has 142 valence electrons. The van der Waals surface area contributed by atoms with E-state index in [-0.39, 0.29) is 0 Å². The van der Waals surface area contributed by atoms with Crippen LogP contribution in [0.5, 0.6) is 0 Å². The number of aliphatic imine (C=N–C) groups is 1. The average Bonchev–Trinajstić information content (AvgIpc) is 3.41. The summed E-state index contributed by atoms with van der Waals surface area (Å²) in [6, 6.07) is 16.7. The molecule has 2 heterocycles. The number of nitrogens with zero attached hydrogens (tertiary/aromatic N) is 3. The molecule has 2 aromatic carbocycles. The molecule has 4 rings (SSSR count). The second-order valence-electron chi connectivity index (χ2n) is 6.56. The predicted molar refractivity (Wildman–Crippen MR) is 114 cm³/mol. The van der Waals surface area contributed by atoms with Crippen molar-refractivity contribution in [3.63, 3.8) is 0 Å². The number of hydrogen-bond acceptors (Lipinski definition) is 2. The second-order valence-corrected chi connectivity index (χ2v) is 6.56. The summed E-state index contributed by atoms with van der Waals surface area (Å²) in [6.07, 6.45) is 8.57. The third kappa shape index (κ3) is 3.91. The normalized spacial score (nSPS) is 11.7. The zero-order chi connectivity index (χ0) is 19.2. The first-order chi connectivity index (χ1) is 13.8. The van der Waals surface area contributed by atoms with Crippen LogP contribution < -0.4 is 10.6 Å². The second kappa shape index (κ2) is 8.43. The topological polar surface area (TPSA) is 70.0 Å². The molecule has 0 radical (unpaired) electrons. The Morgan fingerprint density at radius 3 is 2.79 bits per heavy atom. The number of rotatable bonds is 6. The van der Waals surface area contributed by atoms with Gasteiger partial charge in [-0.25, -0.2) is 4.98 Å². The lowest BCUT2D eigenvalue weighted by molar-refractivity contribution is 0.792. The molecule has 0 aliphatic rings. The van der Waals surface area contributed by atoms with E-state index in [2.05, 4.69) is 62.1 Å². The van der Waals surface area contributed by atoms with Crippen molar-refractivity contribution < 1.29 is 0 Å². The van der Waals surface area contributed by atoms with E-state index in [1.54, 1.807) is 13.2 Å². The van der Waals surface area contributed by atoms with E-state index in [0.29, 0.717) is 6.54 Å². The van der Waals surface area contributed by atoms with Crippen molar-refractivity contribution in [1.82, 2.24) is 25.2 Å². The van der Waals surface area contributed by atoms with E-state index in [4.69, 9.17) is 0 Å². The van der Waals surface area contributed by atoms with Crippen molar-refractivity contribution in [2.45, 2.75) is 13.0 Å². The molecule has 3 N–H and O–H groups in total. The molecule has 0 aliphatic heterocycles. The van der Waals surface area contributed by atoms with Crippen LogP contribution in [0.15, 0.2) is 78.4 Å². The zero-order valence-electron chi connectivity index (χ0n) is 15.9. The molecular formula is C22H24N6. The van der Waals surface area contributed by atoms with Gasteiger partial charge in [0.25, 0.3) is 0 Å². The predicted octanol–water partition coefficient (Wildman–Crippen LogP) is 3.26. The van der Waals surface area contributed by atoms with Gasteiger partial charge >= 0.3 is 0 Å². The van der Waals surface area contributed by atoms with Crippen LogP contribution in [-0.4, -0.2) is 34.1 Å². The monoisotopic (exact) mass is 372 g/mol. The number of aromatic nitrogens is 3. The fourth-order valence-electron chi connectivity index (χ4n) is 3.37. The molecule has 2 aromatic heterocycles. The Balaban J connectivity index is 1.35. The van der Waals surface area contributed by atoms with Gasteiger partial charge in [0.15, 0.2) is 5.96 Å². The summed E-state index contributed by atoms with van der Waals surface area (Å²) >= 11 is 0. The molecule has 0 bridgehead atoms. The lowest BCUT2D eigenvalue weighted by Gasteiger charge is -2.14. The number of fused-ring (bicyclic) bond motifs is 1. The molecule has 0 spiro atoms. The quantitative estimate of drug-likeness (QED) is 0.359. The van der Waals surface area contributed by atoms with Gasteiger partial charge in [-0.05, 0) is 29.7 Å². The number of guanidine groups is 1. The van der Waals surface area contributed by atoms with Crippen LogP contribution in [0, 0.1) is 0 Å². The summed E-state index contributed by atoms with van der Waals surface area (Å²) in [5, 5.41) is 8.08. The molecular weight excluding hydrogens is 348 g/mol. The number of H-pyrrole nitrogens is 1. The summed E-state index contributed by atoms with van der Waals surface area (Å²) < 4.78 is 2.02. The first-order valence-corrected chi connectivity index (χ1v) is 9.41. The van der Waals surface area contributed by atoms with E-state index >= 15 is 0 Å². The molecule has 0 unspecified atom stereocenters. The first kappa shape index (κ1) is 17.9. The Kier molecular flexibility index (Phi) is 5.38. The fraction of sp³-hybridized carbons (Fsp3) is 0.182. The minimum Gasteiger partial charge on any atom is -0.361 e. The average molecular weight is 372 g/mol. The highest BCUT2D eigenvalue weighted by molar-refractivity contribution is 5.83. The summed E-state index contributed by atoms with van der Waals surface area (Å²) in [5.41, 5.74) is 4.78. The zero-order valence-corrected chi connectivity index (χ0v) is 15.9. The van der Waals surface area contributed by atoms with Crippen molar-refractivity contribution in [3.05, 3.63) is 84.6 Å². The Bertz CT molecular complexity index is 1060. The van der Waals surface area contributed by atoms with Gasteiger partial charge < -0.3 is 20.2 Å². The number of benzene rings is 2. The number of para-hydroxylation sites is 2. The van der Waals surface area contributed by atoms with Crippen molar-refractivity contribution in [3.8, 4) is 5.69 Å². The maximum absolute atomic E-state index is 4.34. The molecule has 0 atom stereocenters. The number of aromatic amines is 1. The van der Waals surface area contributed by atoms with Gasteiger partial charge in [0, 0.05) is 49.6 Å². The maximum atomic E-state index is 4.34. The van der Waals surface area contributed by atoms with Crippen molar-refractivity contribution in [2.24, 2.45) is 4.99 Å². The van der Waals surface area contributed by atoms with Gasteiger partial charge in [-0.15, -0.1) is 0 Å². The van der Waals surface area contributed by atoms with Crippen LogP contribution in [0.4, 0.5) is 0 Å². The van der Waals surface area contributed by atoms with Gasteiger partial charge in [-0.2, -0.15) is 0 Å². The molecule has 28 heavy (non-hydrogen) atoms. The highest BCUT2D eigenvalue weighted by Gasteiger charge is 2.06. The van der Waals surface area contributed by atoms with Crippen LogP contribution in [0.1, 0.15) is 11.1 Å². The van der Waals surface area contributed by atoms with Crippen LogP contribution in [0.25, 0.3) is 16.6 Å². The lowest BCUT2D eigenvalue weighted by Crippen LogP contribution is -2.38. The minimum atomic E-state index is 0.682. The van der Waals surface area contributed by atoms with Gasteiger partial charge in [0.2, 0.25) is 0 Å². The van der Waals surface area contributed by atoms with Gasteiger partial charge in [0.1, 0.15) is 0 Å². The Morgan fingerprint density at radius 1 is 1.07 bits per heavy atom. The highest BCUT2D eigenvalue weighted by Crippen LogP contribution is 2.17. The van der Waals surface area contributed by atoms with Gasteiger partial charge in [0.05, 0.1) is 12.0 Å². The first-order valence-electron chi connectivity index (χ1n) is 9.41. The van der Waals surface area contributed by atoms with Gasteiger partial charge in [-0.1, -0.05) is 36.4 Å². The third-order valence-corrected chi connectivity index (χ3v) is 4.81. The van der Waals surface area contributed by atoms with E-state index in [9.17, 15) is 0 Å².